The van der Waals surface area contributed by atoms with Crippen LogP contribution in [0.25, 0.3) is 22.8 Å². The number of carbonyl (C=O) groups is 1. The average molecular weight is 423 g/mol. The van der Waals surface area contributed by atoms with Crippen LogP contribution in [0.15, 0.2) is 59.1 Å². The van der Waals surface area contributed by atoms with Crippen LogP contribution in [0.4, 0.5) is 4.39 Å². The van der Waals surface area contributed by atoms with Gasteiger partial charge in [0.05, 0.1) is 25.0 Å². The van der Waals surface area contributed by atoms with Gasteiger partial charge in [-0.05, 0) is 50.2 Å². The first-order chi connectivity index (χ1) is 14.9. The number of hydrogen-bond acceptors (Lipinski definition) is 5. The molecule has 1 aromatic heterocycles. The SMILES string of the molecule is CC(C)(CNC(=O)c1ccccc1-c1ncc(-c2ccc(F)cc2)o1)N1CCOCC1. The number of rotatable bonds is 6. The highest BCUT2D eigenvalue weighted by molar-refractivity contribution is 6.00. The molecular formula is C24H26FN3O3. The van der Waals surface area contributed by atoms with Crippen LogP contribution in [0.3, 0.4) is 0 Å². The van der Waals surface area contributed by atoms with E-state index in [0.29, 0.717) is 48.1 Å². The monoisotopic (exact) mass is 423 g/mol. The lowest BCUT2D eigenvalue weighted by atomic mass is 10.0. The Morgan fingerprint density at radius 1 is 1.13 bits per heavy atom. The molecule has 0 radical (unpaired) electrons. The van der Waals surface area contributed by atoms with Crippen LogP contribution in [0, 0.1) is 5.82 Å². The highest BCUT2D eigenvalue weighted by atomic mass is 19.1. The molecule has 31 heavy (non-hydrogen) atoms. The number of morpholine rings is 1. The second-order valence-electron chi connectivity index (χ2n) is 8.18. The van der Waals surface area contributed by atoms with Gasteiger partial charge < -0.3 is 14.5 Å². The molecule has 1 saturated heterocycles. The summed E-state index contributed by atoms with van der Waals surface area (Å²) in [5, 5.41) is 3.06. The third kappa shape index (κ3) is 4.84. The maximum absolute atomic E-state index is 13.2. The molecule has 2 aromatic carbocycles. The molecule has 0 saturated carbocycles. The minimum absolute atomic E-state index is 0.182. The summed E-state index contributed by atoms with van der Waals surface area (Å²) < 4.78 is 24.5. The van der Waals surface area contributed by atoms with Crippen molar-refractivity contribution in [2.45, 2.75) is 19.4 Å². The van der Waals surface area contributed by atoms with Crippen molar-refractivity contribution >= 4 is 5.91 Å². The van der Waals surface area contributed by atoms with Gasteiger partial charge in [-0.1, -0.05) is 12.1 Å². The minimum atomic E-state index is -0.314. The van der Waals surface area contributed by atoms with E-state index in [9.17, 15) is 9.18 Å². The largest absolute Gasteiger partial charge is 0.436 e. The smallest absolute Gasteiger partial charge is 0.252 e. The highest BCUT2D eigenvalue weighted by Gasteiger charge is 2.29. The Balaban J connectivity index is 1.51. The fourth-order valence-corrected chi connectivity index (χ4v) is 3.69. The summed E-state index contributed by atoms with van der Waals surface area (Å²) in [5.74, 6) is 0.361. The Kier molecular flexibility index (Phi) is 6.15. The summed E-state index contributed by atoms with van der Waals surface area (Å²) in [6, 6.07) is 13.2. The van der Waals surface area contributed by atoms with Crippen molar-refractivity contribution in [3.63, 3.8) is 0 Å². The van der Waals surface area contributed by atoms with E-state index in [-0.39, 0.29) is 17.3 Å². The van der Waals surface area contributed by atoms with Crippen LogP contribution in [0.2, 0.25) is 0 Å². The zero-order valence-corrected chi connectivity index (χ0v) is 17.7. The Morgan fingerprint density at radius 2 is 1.84 bits per heavy atom. The maximum atomic E-state index is 13.2. The van der Waals surface area contributed by atoms with Gasteiger partial charge >= 0.3 is 0 Å². The van der Waals surface area contributed by atoms with E-state index in [0.717, 1.165) is 13.1 Å². The number of nitrogens with zero attached hydrogens (tertiary/aromatic N) is 2. The summed E-state index contributed by atoms with van der Waals surface area (Å²) in [7, 11) is 0. The molecule has 0 atom stereocenters. The number of hydrogen-bond donors (Lipinski definition) is 1. The van der Waals surface area contributed by atoms with Gasteiger partial charge in [0.1, 0.15) is 5.82 Å². The van der Waals surface area contributed by atoms with E-state index in [1.807, 2.05) is 18.2 Å². The van der Waals surface area contributed by atoms with Crippen LogP contribution in [0.1, 0.15) is 24.2 Å². The third-order valence-corrected chi connectivity index (χ3v) is 5.59. The normalized spacial score (nSPS) is 15.1. The van der Waals surface area contributed by atoms with Crippen LogP contribution >= 0.6 is 0 Å². The van der Waals surface area contributed by atoms with Gasteiger partial charge in [0.25, 0.3) is 5.91 Å². The lowest BCUT2D eigenvalue weighted by Crippen LogP contribution is -2.55. The summed E-state index contributed by atoms with van der Waals surface area (Å²) in [5.41, 5.74) is 1.63. The molecule has 1 amide bonds. The van der Waals surface area contributed by atoms with Crippen LogP contribution < -0.4 is 5.32 Å². The zero-order chi connectivity index (χ0) is 21.8. The van der Waals surface area contributed by atoms with E-state index in [4.69, 9.17) is 9.15 Å². The first kappa shape index (κ1) is 21.2. The molecule has 2 heterocycles. The average Bonchev–Trinajstić information content (AvgIpc) is 3.29. The predicted molar refractivity (Wildman–Crippen MR) is 116 cm³/mol. The number of halogens is 1. The molecule has 1 aliphatic heterocycles. The number of aromatic nitrogens is 1. The van der Waals surface area contributed by atoms with Gasteiger partial charge in [-0.3, -0.25) is 9.69 Å². The minimum Gasteiger partial charge on any atom is -0.436 e. The first-order valence-corrected chi connectivity index (χ1v) is 10.4. The maximum Gasteiger partial charge on any atom is 0.252 e. The van der Waals surface area contributed by atoms with Gasteiger partial charge in [-0.15, -0.1) is 0 Å². The van der Waals surface area contributed by atoms with Crippen LogP contribution in [-0.2, 0) is 4.74 Å². The van der Waals surface area contributed by atoms with E-state index in [1.54, 1.807) is 24.4 Å². The first-order valence-electron chi connectivity index (χ1n) is 10.4. The standard InChI is InChI=1S/C24H26FN3O3/c1-24(2,28-11-13-30-14-12-28)16-27-22(29)19-5-3-4-6-20(19)23-26-15-21(31-23)17-7-9-18(25)10-8-17/h3-10,15H,11-14,16H2,1-2H3,(H,27,29). The number of ether oxygens (including phenoxy) is 1. The van der Waals surface area contributed by atoms with Crippen molar-refractivity contribution in [2.75, 3.05) is 32.8 Å². The van der Waals surface area contributed by atoms with Gasteiger partial charge in [0.2, 0.25) is 5.89 Å². The lowest BCUT2D eigenvalue weighted by Gasteiger charge is -2.40. The molecule has 0 aliphatic carbocycles. The predicted octanol–water partition coefficient (Wildman–Crippen LogP) is 3.99. The molecule has 6 nitrogen and oxygen atoms in total. The van der Waals surface area contributed by atoms with Crippen molar-refractivity contribution in [3.05, 3.63) is 66.1 Å². The molecular weight excluding hydrogens is 397 g/mol. The third-order valence-electron chi connectivity index (χ3n) is 5.59. The molecule has 0 unspecified atom stereocenters. The fraction of sp³-hybridized carbons (Fsp3) is 0.333. The highest BCUT2D eigenvalue weighted by Crippen LogP contribution is 2.28. The van der Waals surface area contributed by atoms with Gasteiger partial charge in [-0.25, -0.2) is 9.37 Å². The molecule has 3 aromatic rings. The quantitative estimate of drug-likeness (QED) is 0.649. The summed E-state index contributed by atoms with van der Waals surface area (Å²) in [4.78, 5) is 19.7. The molecule has 1 aliphatic rings. The molecule has 4 rings (SSSR count). The molecule has 1 N–H and O–H groups in total. The number of carbonyl (C=O) groups excluding carboxylic acids is 1. The molecule has 1 fully saturated rings. The summed E-state index contributed by atoms with van der Waals surface area (Å²) in [6.45, 7) is 7.86. The Bertz CT molecular complexity index is 1040. The van der Waals surface area contributed by atoms with E-state index in [2.05, 4.69) is 29.0 Å². The van der Waals surface area contributed by atoms with Gasteiger partial charge in [0, 0.05) is 36.3 Å². The Morgan fingerprint density at radius 3 is 2.58 bits per heavy atom. The number of nitrogens with one attached hydrogen (secondary N) is 1. The second-order valence-corrected chi connectivity index (χ2v) is 8.18. The second kappa shape index (κ2) is 8.99. The molecule has 7 heteroatoms. The zero-order valence-electron chi connectivity index (χ0n) is 17.7. The van der Waals surface area contributed by atoms with Crippen molar-refractivity contribution in [1.29, 1.82) is 0 Å². The number of oxazole rings is 1. The van der Waals surface area contributed by atoms with Crippen molar-refractivity contribution in [2.24, 2.45) is 0 Å². The van der Waals surface area contributed by atoms with E-state index < -0.39 is 0 Å². The van der Waals surface area contributed by atoms with Crippen LogP contribution in [0.5, 0.6) is 0 Å². The van der Waals surface area contributed by atoms with Crippen molar-refractivity contribution in [1.82, 2.24) is 15.2 Å². The number of amides is 1. The van der Waals surface area contributed by atoms with Gasteiger partial charge in [0.15, 0.2) is 5.76 Å². The Hall–Kier alpha value is -3.03. The molecule has 0 bridgehead atoms. The summed E-state index contributed by atoms with van der Waals surface area (Å²) >= 11 is 0. The van der Waals surface area contributed by atoms with E-state index in [1.165, 1.54) is 12.1 Å². The summed E-state index contributed by atoms with van der Waals surface area (Å²) in [6.07, 6.45) is 1.58. The lowest BCUT2D eigenvalue weighted by molar-refractivity contribution is -0.00923. The Labute approximate surface area is 181 Å². The topological polar surface area (TPSA) is 67.6 Å². The van der Waals surface area contributed by atoms with Gasteiger partial charge in [-0.2, -0.15) is 0 Å². The fourth-order valence-electron chi connectivity index (χ4n) is 3.69. The molecule has 0 spiro atoms. The van der Waals surface area contributed by atoms with Crippen molar-refractivity contribution < 1.29 is 18.3 Å². The number of benzene rings is 2. The van der Waals surface area contributed by atoms with Crippen LogP contribution in [-0.4, -0.2) is 54.2 Å². The van der Waals surface area contributed by atoms with E-state index >= 15 is 0 Å². The van der Waals surface area contributed by atoms with Crippen molar-refractivity contribution in [3.8, 4) is 22.8 Å². The molecule has 162 valence electrons.